The lowest BCUT2D eigenvalue weighted by atomic mass is 10.2. The summed E-state index contributed by atoms with van der Waals surface area (Å²) in [5, 5.41) is 2.90. The van der Waals surface area contributed by atoms with Crippen LogP contribution in [0.15, 0.2) is 30.3 Å². The van der Waals surface area contributed by atoms with Crippen molar-refractivity contribution >= 4 is 11.6 Å². The van der Waals surface area contributed by atoms with Gasteiger partial charge >= 0.3 is 0 Å². The predicted octanol–water partition coefficient (Wildman–Crippen LogP) is 0.801. The zero-order valence-electron chi connectivity index (χ0n) is 10.8. The molecule has 0 fully saturated rings. The summed E-state index contributed by atoms with van der Waals surface area (Å²) < 4.78 is 0. The maximum absolute atomic E-state index is 12.0. The smallest absolute Gasteiger partial charge is 0.240 e. The van der Waals surface area contributed by atoms with Crippen LogP contribution in [0.4, 0.5) is 5.69 Å². The van der Waals surface area contributed by atoms with Crippen molar-refractivity contribution in [1.82, 2.24) is 10.2 Å². The molecule has 94 valence electrons. The van der Waals surface area contributed by atoms with E-state index in [4.69, 9.17) is 0 Å². The van der Waals surface area contributed by atoms with E-state index in [1.165, 1.54) is 0 Å². The van der Waals surface area contributed by atoms with Gasteiger partial charge in [-0.15, -0.1) is 0 Å². The highest BCUT2D eigenvalue weighted by molar-refractivity contribution is 5.94. The first-order chi connectivity index (χ1) is 8.15. The van der Waals surface area contributed by atoms with Crippen LogP contribution >= 0.6 is 0 Å². The number of benzene rings is 1. The molecular weight excluding hydrogens is 214 g/mol. The number of para-hydroxylation sites is 1. The van der Waals surface area contributed by atoms with Crippen LogP contribution in [0.1, 0.15) is 0 Å². The van der Waals surface area contributed by atoms with Crippen molar-refractivity contribution in [1.29, 1.82) is 0 Å². The number of likely N-dealkylation sites (N-methyl/N-ethyl adjacent to an activating group) is 2. The van der Waals surface area contributed by atoms with E-state index < -0.39 is 0 Å². The molecule has 1 aromatic rings. The van der Waals surface area contributed by atoms with Crippen LogP contribution in [-0.4, -0.2) is 51.6 Å². The van der Waals surface area contributed by atoms with Gasteiger partial charge in [0.05, 0.1) is 6.54 Å². The Morgan fingerprint density at radius 2 is 1.82 bits per heavy atom. The molecule has 1 rings (SSSR count). The monoisotopic (exact) mass is 235 g/mol. The lowest BCUT2D eigenvalue weighted by Gasteiger charge is -2.24. The van der Waals surface area contributed by atoms with E-state index in [0.717, 1.165) is 12.2 Å². The third-order valence-corrected chi connectivity index (χ3v) is 2.47. The zero-order chi connectivity index (χ0) is 12.7. The van der Waals surface area contributed by atoms with Gasteiger partial charge in [0.1, 0.15) is 0 Å². The minimum Gasteiger partial charge on any atom is -0.311 e. The van der Waals surface area contributed by atoms with Gasteiger partial charge in [-0.05, 0) is 33.3 Å². The zero-order valence-corrected chi connectivity index (χ0v) is 10.8. The van der Waals surface area contributed by atoms with Crippen molar-refractivity contribution in [2.45, 2.75) is 0 Å². The van der Waals surface area contributed by atoms with Gasteiger partial charge in [0.2, 0.25) is 5.91 Å². The molecule has 0 aliphatic carbocycles. The normalized spacial score (nSPS) is 10.6. The molecule has 0 unspecified atom stereocenters. The molecule has 17 heavy (non-hydrogen) atoms. The van der Waals surface area contributed by atoms with Crippen molar-refractivity contribution in [2.75, 3.05) is 45.7 Å². The molecule has 0 saturated carbocycles. The van der Waals surface area contributed by atoms with Crippen molar-refractivity contribution in [3.63, 3.8) is 0 Å². The highest BCUT2D eigenvalue weighted by atomic mass is 16.2. The Hall–Kier alpha value is -1.39. The molecule has 0 radical (unpaired) electrons. The third kappa shape index (κ3) is 4.54. The number of carbonyl (C=O) groups is 1. The van der Waals surface area contributed by atoms with Gasteiger partial charge < -0.3 is 15.1 Å². The second-order valence-electron chi connectivity index (χ2n) is 4.21. The molecule has 4 nitrogen and oxygen atoms in total. The summed E-state index contributed by atoms with van der Waals surface area (Å²) in [4.78, 5) is 15.9. The second-order valence-corrected chi connectivity index (χ2v) is 4.21. The van der Waals surface area contributed by atoms with E-state index in [1.807, 2.05) is 49.3 Å². The standard InChI is InChI=1S/C13H21N3O/c1-14-11-13(17)16(10-9-15(2)3)12-7-5-4-6-8-12/h4-8,14H,9-11H2,1-3H3. The summed E-state index contributed by atoms with van der Waals surface area (Å²) >= 11 is 0. The lowest BCUT2D eigenvalue weighted by molar-refractivity contribution is -0.117. The van der Waals surface area contributed by atoms with Gasteiger partial charge in [-0.1, -0.05) is 18.2 Å². The second kappa shape index (κ2) is 7.04. The van der Waals surface area contributed by atoms with Crippen molar-refractivity contribution in [3.05, 3.63) is 30.3 Å². The van der Waals surface area contributed by atoms with Gasteiger partial charge in [0, 0.05) is 18.8 Å². The van der Waals surface area contributed by atoms with E-state index in [0.29, 0.717) is 13.1 Å². The first-order valence-electron chi connectivity index (χ1n) is 5.80. The summed E-state index contributed by atoms with van der Waals surface area (Å²) in [5.74, 6) is 0.0977. The summed E-state index contributed by atoms with van der Waals surface area (Å²) in [6.07, 6.45) is 0. The van der Waals surface area contributed by atoms with Crippen LogP contribution in [0, 0.1) is 0 Å². The molecule has 0 aromatic heterocycles. The molecule has 0 spiro atoms. The topological polar surface area (TPSA) is 35.6 Å². The number of nitrogens with one attached hydrogen (secondary N) is 1. The Bertz CT molecular complexity index is 338. The predicted molar refractivity (Wildman–Crippen MR) is 71.3 cm³/mol. The molecule has 1 aromatic carbocycles. The average Bonchev–Trinajstić information content (AvgIpc) is 2.30. The summed E-state index contributed by atoms with van der Waals surface area (Å²) in [6.45, 7) is 1.92. The van der Waals surface area contributed by atoms with Crippen molar-refractivity contribution in [3.8, 4) is 0 Å². The van der Waals surface area contributed by atoms with Crippen LogP contribution in [0.2, 0.25) is 0 Å². The minimum atomic E-state index is 0.0977. The highest BCUT2D eigenvalue weighted by Crippen LogP contribution is 2.12. The quantitative estimate of drug-likeness (QED) is 0.792. The van der Waals surface area contributed by atoms with E-state index >= 15 is 0 Å². The van der Waals surface area contributed by atoms with E-state index in [9.17, 15) is 4.79 Å². The van der Waals surface area contributed by atoms with Crippen LogP contribution in [-0.2, 0) is 4.79 Å². The Labute approximate surface area is 103 Å². The number of carbonyl (C=O) groups excluding carboxylic acids is 1. The summed E-state index contributed by atoms with van der Waals surface area (Å²) in [6, 6.07) is 9.78. The largest absolute Gasteiger partial charge is 0.311 e. The number of anilines is 1. The Morgan fingerprint density at radius 3 is 2.35 bits per heavy atom. The lowest BCUT2D eigenvalue weighted by Crippen LogP contribution is -2.41. The van der Waals surface area contributed by atoms with Crippen LogP contribution in [0.25, 0.3) is 0 Å². The van der Waals surface area contributed by atoms with Crippen LogP contribution in [0.3, 0.4) is 0 Å². The molecular formula is C13H21N3O. The van der Waals surface area contributed by atoms with Gasteiger partial charge in [0.15, 0.2) is 0 Å². The van der Waals surface area contributed by atoms with Gasteiger partial charge in [0.25, 0.3) is 0 Å². The maximum atomic E-state index is 12.0. The van der Waals surface area contributed by atoms with Crippen molar-refractivity contribution in [2.24, 2.45) is 0 Å². The SMILES string of the molecule is CNCC(=O)N(CCN(C)C)c1ccccc1. The first-order valence-corrected chi connectivity index (χ1v) is 5.80. The number of hydrogen-bond acceptors (Lipinski definition) is 3. The number of nitrogens with zero attached hydrogens (tertiary/aromatic N) is 2. The maximum Gasteiger partial charge on any atom is 0.240 e. The average molecular weight is 235 g/mol. The number of rotatable bonds is 6. The molecule has 0 heterocycles. The van der Waals surface area contributed by atoms with Crippen LogP contribution in [0.5, 0.6) is 0 Å². The Morgan fingerprint density at radius 1 is 1.18 bits per heavy atom. The molecule has 0 atom stereocenters. The van der Waals surface area contributed by atoms with Gasteiger partial charge in [-0.2, -0.15) is 0 Å². The fraction of sp³-hybridized carbons (Fsp3) is 0.462. The molecule has 0 aliphatic heterocycles. The molecule has 4 heteroatoms. The molecule has 0 bridgehead atoms. The highest BCUT2D eigenvalue weighted by Gasteiger charge is 2.14. The fourth-order valence-corrected chi connectivity index (χ4v) is 1.55. The Balaban J connectivity index is 2.75. The van der Waals surface area contributed by atoms with E-state index in [2.05, 4.69) is 10.2 Å². The minimum absolute atomic E-state index is 0.0977. The van der Waals surface area contributed by atoms with Crippen molar-refractivity contribution < 1.29 is 4.79 Å². The molecule has 1 N–H and O–H groups in total. The molecule has 0 saturated heterocycles. The first kappa shape index (κ1) is 13.7. The van der Waals surface area contributed by atoms with E-state index in [1.54, 1.807) is 7.05 Å². The van der Waals surface area contributed by atoms with Gasteiger partial charge in [-0.3, -0.25) is 4.79 Å². The summed E-state index contributed by atoms with van der Waals surface area (Å²) in [7, 11) is 5.80. The third-order valence-electron chi connectivity index (χ3n) is 2.47. The Kier molecular flexibility index (Phi) is 5.66. The summed E-state index contributed by atoms with van der Waals surface area (Å²) in [5.41, 5.74) is 0.953. The van der Waals surface area contributed by atoms with Crippen LogP contribution < -0.4 is 10.2 Å². The fourth-order valence-electron chi connectivity index (χ4n) is 1.55. The van der Waals surface area contributed by atoms with Gasteiger partial charge in [-0.25, -0.2) is 0 Å². The van der Waals surface area contributed by atoms with E-state index in [-0.39, 0.29) is 5.91 Å². The number of hydrogen-bond donors (Lipinski definition) is 1. The molecule has 1 amide bonds. The molecule has 0 aliphatic rings. The number of amides is 1.